The molecule has 1 aliphatic rings. The number of benzene rings is 1. The average Bonchev–Trinajstić information content (AvgIpc) is 2.68. The zero-order valence-electron chi connectivity index (χ0n) is 14.7. The second kappa shape index (κ2) is 8.66. The number of pyridine rings is 1. The zero-order valence-corrected chi connectivity index (χ0v) is 15.5. The first-order valence-corrected chi connectivity index (χ1v) is 8.90. The van der Waals surface area contributed by atoms with Gasteiger partial charge in [0.1, 0.15) is 5.82 Å². The number of hydrogen-bond donors (Lipinski definition) is 2. The van der Waals surface area contributed by atoms with Crippen LogP contribution in [0.25, 0.3) is 0 Å². The van der Waals surface area contributed by atoms with Crippen molar-refractivity contribution in [2.75, 3.05) is 36.5 Å². The molecule has 0 spiro atoms. The highest BCUT2D eigenvalue weighted by Gasteiger charge is 2.31. The van der Waals surface area contributed by atoms with E-state index in [2.05, 4.69) is 20.5 Å². The van der Waals surface area contributed by atoms with E-state index in [-0.39, 0.29) is 17.3 Å². The maximum Gasteiger partial charge on any atom is 0.416 e. The lowest BCUT2D eigenvalue weighted by Gasteiger charge is -2.28. The number of carbonyl (C=O) groups excluding carboxylic acids is 1. The van der Waals surface area contributed by atoms with E-state index in [1.54, 1.807) is 12.3 Å². The summed E-state index contributed by atoms with van der Waals surface area (Å²) in [5, 5.41) is 4.96. The smallest absolute Gasteiger partial charge is 0.378 e. The Balaban J connectivity index is 1.60. The molecule has 1 aliphatic heterocycles. The van der Waals surface area contributed by atoms with Gasteiger partial charge in [0.25, 0.3) is 0 Å². The quantitative estimate of drug-likeness (QED) is 0.796. The third-order valence-electron chi connectivity index (χ3n) is 4.14. The summed E-state index contributed by atoms with van der Waals surface area (Å²) in [7, 11) is 0. The number of anilines is 2. The molecule has 0 saturated carbocycles. The first kappa shape index (κ1) is 20.2. The highest BCUT2D eigenvalue weighted by atomic mass is 35.5. The number of carbonyl (C=O) groups is 1. The summed E-state index contributed by atoms with van der Waals surface area (Å²) in [6, 6.07) is 5.69. The topological polar surface area (TPSA) is 66.5 Å². The fourth-order valence-corrected chi connectivity index (χ4v) is 2.85. The number of morpholine rings is 1. The Labute approximate surface area is 164 Å². The normalized spacial score (nSPS) is 14.6. The zero-order chi connectivity index (χ0) is 20.1. The Morgan fingerprint density at radius 1 is 1.21 bits per heavy atom. The van der Waals surface area contributed by atoms with Gasteiger partial charge in [-0.3, -0.25) is 0 Å². The Morgan fingerprint density at radius 2 is 1.96 bits per heavy atom. The monoisotopic (exact) mass is 414 g/mol. The van der Waals surface area contributed by atoms with Crippen LogP contribution in [0, 0.1) is 0 Å². The van der Waals surface area contributed by atoms with Crippen LogP contribution in [0.2, 0.25) is 5.02 Å². The summed E-state index contributed by atoms with van der Waals surface area (Å²) in [6.45, 7) is 2.91. The van der Waals surface area contributed by atoms with Crippen LogP contribution in [0.3, 0.4) is 0 Å². The van der Waals surface area contributed by atoms with Crippen LogP contribution in [-0.2, 0) is 17.5 Å². The number of ether oxygens (including phenoxy) is 1. The number of hydrogen-bond acceptors (Lipinski definition) is 4. The van der Waals surface area contributed by atoms with Crippen molar-refractivity contribution in [3.63, 3.8) is 0 Å². The van der Waals surface area contributed by atoms with Crippen molar-refractivity contribution in [2.24, 2.45) is 0 Å². The minimum atomic E-state index is -4.52. The molecule has 0 bridgehead atoms. The molecular formula is C18H18ClF3N4O2. The summed E-state index contributed by atoms with van der Waals surface area (Å²) < 4.78 is 43.7. The summed E-state index contributed by atoms with van der Waals surface area (Å²) in [6.07, 6.45) is -2.88. The van der Waals surface area contributed by atoms with Gasteiger partial charge in [-0.1, -0.05) is 11.6 Å². The Kier molecular flexibility index (Phi) is 6.25. The molecule has 150 valence electrons. The van der Waals surface area contributed by atoms with Gasteiger partial charge in [-0.15, -0.1) is 0 Å². The molecule has 1 aromatic carbocycles. The molecule has 2 aromatic rings. The molecule has 2 N–H and O–H groups in total. The second-order valence-corrected chi connectivity index (χ2v) is 6.53. The predicted molar refractivity (Wildman–Crippen MR) is 99.6 cm³/mol. The molecule has 1 fully saturated rings. The fourth-order valence-electron chi connectivity index (χ4n) is 2.68. The van der Waals surface area contributed by atoms with Gasteiger partial charge >= 0.3 is 12.2 Å². The van der Waals surface area contributed by atoms with Crippen LogP contribution in [-0.4, -0.2) is 37.3 Å². The number of aromatic nitrogens is 1. The number of nitrogens with one attached hydrogen (secondary N) is 2. The van der Waals surface area contributed by atoms with Crippen molar-refractivity contribution in [3.8, 4) is 0 Å². The summed E-state index contributed by atoms with van der Waals surface area (Å²) in [5.74, 6) is 0.781. The van der Waals surface area contributed by atoms with Crippen LogP contribution in [0.1, 0.15) is 11.1 Å². The maximum absolute atomic E-state index is 12.8. The molecule has 2 amide bonds. The van der Waals surface area contributed by atoms with Gasteiger partial charge in [0.05, 0.1) is 29.5 Å². The van der Waals surface area contributed by atoms with E-state index in [4.69, 9.17) is 16.3 Å². The van der Waals surface area contributed by atoms with Crippen LogP contribution in [0.15, 0.2) is 36.5 Å². The average molecular weight is 415 g/mol. The molecule has 6 nitrogen and oxygen atoms in total. The number of rotatable bonds is 4. The lowest BCUT2D eigenvalue weighted by Crippen LogP contribution is -2.36. The van der Waals surface area contributed by atoms with Crippen molar-refractivity contribution in [2.45, 2.75) is 12.7 Å². The van der Waals surface area contributed by atoms with Gasteiger partial charge in [-0.25, -0.2) is 9.78 Å². The van der Waals surface area contributed by atoms with Gasteiger partial charge in [0.15, 0.2) is 0 Å². The standard InChI is InChI=1S/C18H18ClF3N4O2/c19-14-2-1-13(18(20,21)22)10-15(14)25-17(27)24-11-12-3-4-23-16(9-12)26-5-7-28-8-6-26/h1-4,9-10H,5-8,11H2,(H2,24,25,27). The van der Waals surface area contributed by atoms with Gasteiger partial charge in [0.2, 0.25) is 0 Å². The fraction of sp³-hybridized carbons (Fsp3) is 0.333. The van der Waals surface area contributed by atoms with Crippen molar-refractivity contribution in [1.29, 1.82) is 0 Å². The van der Waals surface area contributed by atoms with Crippen LogP contribution < -0.4 is 15.5 Å². The number of urea groups is 1. The first-order chi connectivity index (χ1) is 13.3. The number of nitrogens with zero attached hydrogens (tertiary/aromatic N) is 2. The number of halogens is 4. The molecule has 0 atom stereocenters. The van der Waals surface area contributed by atoms with Crippen molar-refractivity contribution in [3.05, 3.63) is 52.7 Å². The molecule has 0 unspecified atom stereocenters. The minimum absolute atomic E-state index is 0.0154. The molecule has 0 radical (unpaired) electrons. The molecule has 28 heavy (non-hydrogen) atoms. The second-order valence-electron chi connectivity index (χ2n) is 6.12. The third-order valence-corrected chi connectivity index (χ3v) is 4.47. The Hall–Kier alpha value is -2.52. The van der Waals surface area contributed by atoms with Crippen molar-refractivity contribution >= 4 is 29.1 Å². The molecule has 10 heteroatoms. The van der Waals surface area contributed by atoms with E-state index in [1.807, 2.05) is 6.07 Å². The highest BCUT2D eigenvalue weighted by molar-refractivity contribution is 6.33. The van der Waals surface area contributed by atoms with Crippen molar-refractivity contribution in [1.82, 2.24) is 10.3 Å². The first-order valence-electron chi connectivity index (χ1n) is 8.52. The number of alkyl halides is 3. The lowest BCUT2D eigenvalue weighted by molar-refractivity contribution is -0.137. The van der Waals surface area contributed by atoms with E-state index in [0.29, 0.717) is 13.2 Å². The minimum Gasteiger partial charge on any atom is -0.378 e. The van der Waals surface area contributed by atoms with Gasteiger partial charge in [-0.2, -0.15) is 13.2 Å². The highest BCUT2D eigenvalue weighted by Crippen LogP contribution is 2.33. The van der Waals surface area contributed by atoms with E-state index in [1.165, 1.54) is 0 Å². The molecule has 2 heterocycles. The van der Waals surface area contributed by atoms with Gasteiger partial charge < -0.3 is 20.3 Å². The van der Waals surface area contributed by atoms with E-state index < -0.39 is 17.8 Å². The molecule has 0 aliphatic carbocycles. The molecule has 1 saturated heterocycles. The molecule has 3 rings (SSSR count). The van der Waals surface area contributed by atoms with Gasteiger partial charge in [-0.05, 0) is 35.9 Å². The molecular weight excluding hydrogens is 397 g/mol. The van der Waals surface area contributed by atoms with Crippen molar-refractivity contribution < 1.29 is 22.7 Å². The van der Waals surface area contributed by atoms with E-state index in [9.17, 15) is 18.0 Å². The lowest BCUT2D eigenvalue weighted by atomic mass is 10.2. The predicted octanol–water partition coefficient (Wildman–Crippen LogP) is 3.91. The van der Waals surface area contributed by atoms with E-state index in [0.717, 1.165) is 42.7 Å². The Morgan fingerprint density at radius 3 is 2.68 bits per heavy atom. The van der Waals surface area contributed by atoms with E-state index >= 15 is 0 Å². The molecule has 1 aromatic heterocycles. The number of amides is 2. The van der Waals surface area contributed by atoms with Crippen LogP contribution in [0.5, 0.6) is 0 Å². The summed E-state index contributed by atoms with van der Waals surface area (Å²) in [5.41, 5.74) is -0.198. The van der Waals surface area contributed by atoms with Crippen LogP contribution >= 0.6 is 11.6 Å². The Bertz CT molecular complexity index is 842. The SMILES string of the molecule is O=C(NCc1ccnc(N2CCOCC2)c1)Nc1cc(C(F)(F)F)ccc1Cl. The van der Waals surface area contributed by atoms with Gasteiger partial charge in [0, 0.05) is 25.8 Å². The largest absolute Gasteiger partial charge is 0.416 e. The maximum atomic E-state index is 12.8. The summed E-state index contributed by atoms with van der Waals surface area (Å²) in [4.78, 5) is 18.5. The third kappa shape index (κ3) is 5.26. The summed E-state index contributed by atoms with van der Waals surface area (Å²) >= 11 is 5.88. The van der Waals surface area contributed by atoms with Crippen LogP contribution in [0.4, 0.5) is 29.5 Å².